The number of methoxy groups -OCH3 is 1. The molecular formula is C16H22FNO6. The fraction of sp³-hybridized carbons (Fsp3) is 0.500. The molecule has 0 radical (unpaired) electrons. The third-order valence-electron chi connectivity index (χ3n) is 2.97. The molecule has 0 fully saturated rings. The first-order valence-corrected chi connectivity index (χ1v) is 7.26. The Hall–Kier alpha value is -2.19. The van der Waals surface area contributed by atoms with Crippen molar-refractivity contribution in [2.24, 2.45) is 0 Å². The van der Waals surface area contributed by atoms with Crippen molar-refractivity contribution < 1.29 is 33.7 Å². The summed E-state index contributed by atoms with van der Waals surface area (Å²) in [5, 5.41) is 22.3. The van der Waals surface area contributed by atoms with Crippen molar-refractivity contribution in [3.05, 3.63) is 35.1 Å². The molecule has 0 aliphatic carbocycles. The van der Waals surface area contributed by atoms with Crippen LogP contribution < -0.4 is 5.32 Å². The number of nitrogens with one attached hydrogen (secondary N) is 1. The molecule has 0 aromatic heterocycles. The van der Waals surface area contributed by atoms with Crippen LogP contribution in [-0.2, 0) is 9.47 Å². The molecule has 134 valence electrons. The monoisotopic (exact) mass is 343 g/mol. The number of rotatable bonds is 5. The van der Waals surface area contributed by atoms with Gasteiger partial charge < -0.3 is 25.0 Å². The van der Waals surface area contributed by atoms with Gasteiger partial charge in [0.2, 0.25) is 0 Å². The van der Waals surface area contributed by atoms with Crippen molar-refractivity contribution in [2.45, 2.75) is 38.6 Å². The SMILES string of the molecule is COC(=O)c1cccc(C(O)C(O)CNC(=O)OC(C)(C)C)c1F. The lowest BCUT2D eigenvalue weighted by Crippen LogP contribution is -2.39. The first kappa shape index (κ1) is 19.9. The average Bonchev–Trinajstić information content (AvgIpc) is 2.49. The van der Waals surface area contributed by atoms with E-state index in [1.54, 1.807) is 20.8 Å². The van der Waals surface area contributed by atoms with Crippen LogP contribution in [0.25, 0.3) is 0 Å². The number of carbonyl (C=O) groups is 2. The minimum atomic E-state index is -1.65. The lowest BCUT2D eigenvalue weighted by Gasteiger charge is -2.22. The van der Waals surface area contributed by atoms with Gasteiger partial charge in [0, 0.05) is 12.1 Å². The Morgan fingerprint density at radius 1 is 1.29 bits per heavy atom. The number of halogens is 1. The van der Waals surface area contributed by atoms with E-state index in [4.69, 9.17) is 4.74 Å². The largest absolute Gasteiger partial charge is 0.465 e. The molecule has 1 rings (SSSR count). The van der Waals surface area contributed by atoms with Crippen molar-refractivity contribution in [2.75, 3.05) is 13.7 Å². The fourth-order valence-electron chi connectivity index (χ4n) is 1.87. The molecule has 8 heteroatoms. The molecule has 0 bridgehead atoms. The van der Waals surface area contributed by atoms with Crippen molar-refractivity contribution >= 4 is 12.1 Å². The molecule has 0 aliphatic rings. The van der Waals surface area contributed by atoms with Crippen LogP contribution in [0.2, 0.25) is 0 Å². The van der Waals surface area contributed by atoms with Crippen molar-refractivity contribution in [1.82, 2.24) is 5.32 Å². The zero-order valence-corrected chi connectivity index (χ0v) is 14.0. The molecule has 0 aliphatic heterocycles. The second-order valence-corrected chi connectivity index (χ2v) is 6.10. The second-order valence-electron chi connectivity index (χ2n) is 6.10. The molecule has 7 nitrogen and oxygen atoms in total. The van der Waals surface area contributed by atoms with Gasteiger partial charge in [0.05, 0.1) is 12.7 Å². The highest BCUT2D eigenvalue weighted by molar-refractivity contribution is 5.89. The van der Waals surface area contributed by atoms with Gasteiger partial charge in [-0.25, -0.2) is 14.0 Å². The molecule has 1 aromatic rings. The van der Waals surface area contributed by atoms with Gasteiger partial charge in [0.1, 0.15) is 23.6 Å². The van der Waals surface area contributed by atoms with Crippen LogP contribution in [0.1, 0.15) is 42.8 Å². The van der Waals surface area contributed by atoms with E-state index in [1.165, 1.54) is 18.2 Å². The molecule has 2 atom stereocenters. The molecule has 0 saturated carbocycles. The number of amides is 1. The van der Waals surface area contributed by atoms with E-state index in [0.29, 0.717) is 0 Å². The highest BCUT2D eigenvalue weighted by atomic mass is 19.1. The van der Waals surface area contributed by atoms with Crippen LogP contribution in [0.4, 0.5) is 9.18 Å². The van der Waals surface area contributed by atoms with Crippen LogP contribution in [0.5, 0.6) is 0 Å². The van der Waals surface area contributed by atoms with Crippen molar-refractivity contribution in [3.63, 3.8) is 0 Å². The molecular weight excluding hydrogens is 321 g/mol. The number of carbonyl (C=O) groups excluding carboxylic acids is 2. The molecule has 24 heavy (non-hydrogen) atoms. The van der Waals surface area contributed by atoms with Gasteiger partial charge in [-0.15, -0.1) is 0 Å². The number of alkyl carbamates (subject to hydrolysis) is 1. The van der Waals surface area contributed by atoms with Gasteiger partial charge in [-0.1, -0.05) is 12.1 Å². The Labute approximate surface area is 139 Å². The molecule has 2 unspecified atom stereocenters. The highest BCUT2D eigenvalue weighted by Crippen LogP contribution is 2.23. The Balaban J connectivity index is 2.78. The van der Waals surface area contributed by atoms with E-state index in [9.17, 15) is 24.2 Å². The Morgan fingerprint density at radius 2 is 1.92 bits per heavy atom. The Morgan fingerprint density at radius 3 is 2.46 bits per heavy atom. The van der Waals surface area contributed by atoms with Crippen LogP contribution in [0, 0.1) is 5.82 Å². The predicted octanol–water partition coefficient (Wildman–Crippen LogP) is 1.53. The zero-order chi connectivity index (χ0) is 18.5. The van der Waals surface area contributed by atoms with E-state index in [1.807, 2.05) is 0 Å². The van der Waals surface area contributed by atoms with Crippen LogP contribution in [-0.4, -0.2) is 47.6 Å². The molecule has 1 aromatic carbocycles. The molecule has 1 amide bonds. The molecule has 0 spiro atoms. The topological polar surface area (TPSA) is 105 Å². The number of aliphatic hydroxyl groups excluding tert-OH is 2. The summed E-state index contributed by atoms with van der Waals surface area (Å²) in [5.74, 6) is -1.89. The first-order chi connectivity index (χ1) is 11.1. The van der Waals surface area contributed by atoms with Crippen molar-refractivity contribution in [1.29, 1.82) is 0 Å². The van der Waals surface area contributed by atoms with E-state index in [2.05, 4.69) is 10.1 Å². The maximum absolute atomic E-state index is 14.3. The summed E-state index contributed by atoms with van der Waals surface area (Å²) >= 11 is 0. The van der Waals surface area contributed by atoms with Gasteiger partial charge in [0.25, 0.3) is 0 Å². The lowest BCUT2D eigenvalue weighted by atomic mass is 10.0. The summed E-state index contributed by atoms with van der Waals surface area (Å²) < 4.78 is 23.7. The third-order valence-corrected chi connectivity index (χ3v) is 2.97. The van der Waals surface area contributed by atoms with E-state index < -0.39 is 35.7 Å². The van der Waals surface area contributed by atoms with E-state index >= 15 is 0 Å². The van der Waals surface area contributed by atoms with E-state index in [-0.39, 0.29) is 17.7 Å². The summed E-state index contributed by atoms with van der Waals surface area (Å²) in [6, 6.07) is 3.77. The Bertz CT molecular complexity index is 599. The maximum Gasteiger partial charge on any atom is 0.407 e. The summed E-state index contributed by atoms with van der Waals surface area (Å²) in [6.07, 6.45) is -3.93. The smallest absolute Gasteiger partial charge is 0.407 e. The lowest BCUT2D eigenvalue weighted by molar-refractivity contribution is 0.0112. The minimum Gasteiger partial charge on any atom is -0.465 e. The number of esters is 1. The number of aliphatic hydroxyl groups is 2. The van der Waals surface area contributed by atoms with Crippen LogP contribution in [0.15, 0.2) is 18.2 Å². The highest BCUT2D eigenvalue weighted by Gasteiger charge is 2.26. The number of ether oxygens (including phenoxy) is 2. The third kappa shape index (κ3) is 5.47. The average molecular weight is 343 g/mol. The number of benzene rings is 1. The zero-order valence-electron chi connectivity index (χ0n) is 14.0. The van der Waals surface area contributed by atoms with Crippen LogP contribution in [0.3, 0.4) is 0 Å². The molecule has 3 N–H and O–H groups in total. The van der Waals surface area contributed by atoms with Gasteiger partial charge >= 0.3 is 12.1 Å². The summed E-state index contributed by atoms with van der Waals surface area (Å²) in [6.45, 7) is 4.65. The van der Waals surface area contributed by atoms with Gasteiger partial charge in [-0.05, 0) is 26.8 Å². The number of hydrogen-bond acceptors (Lipinski definition) is 6. The fourth-order valence-corrected chi connectivity index (χ4v) is 1.87. The molecule has 0 heterocycles. The van der Waals surface area contributed by atoms with E-state index in [0.717, 1.165) is 7.11 Å². The van der Waals surface area contributed by atoms with Gasteiger partial charge in [-0.2, -0.15) is 0 Å². The van der Waals surface area contributed by atoms with Crippen molar-refractivity contribution in [3.8, 4) is 0 Å². The maximum atomic E-state index is 14.3. The second kappa shape index (κ2) is 8.07. The first-order valence-electron chi connectivity index (χ1n) is 7.26. The standard InChI is InChI=1S/C16H22FNO6/c1-16(2,3)24-15(22)18-8-11(19)13(20)9-6-5-7-10(12(9)17)14(21)23-4/h5-7,11,13,19-20H,8H2,1-4H3,(H,18,22). The van der Waals surface area contributed by atoms with Crippen LogP contribution >= 0.6 is 0 Å². The predicted molar refractivity (Wildman–Crippen MR) is 82.9 cm³/mol. The summed E-state index contributed by atoms with van der Waals surface area (Å²) in [4.78, 5) is 23.0. The minimum absolute atomic E-state index is 0.281. The quantitative estimate of drug-likeness (QED) is 0.700. The summed E-state index contributed by atoms with van der Waals surface area (Å²) in [5.41, 5.74) is -1.35. The van der Waals surface area contributed by atoms with Gasteiger partial charge in [-0.3, -0.25) is 0 Å². The summed E-state index contributed by atoms with van der Waals surface area (Å²) in [7, 11) is 1.10. The van der Waals surface area contributed by atoms with Gasteiger partial charge in [0.15, 0.2) is 0 Å². The normalized spacial score (nSPS) is 13.8. The Kier molecular flexibility index (Phi) is 6.68. The molecule has 0 saturated heterocycles. The number of hydrogen-bond donors (Lipinski definition) is 3.